The lowest BCUT2D eigenvalue weighted by Crippen LogP contribution is -2.59. The summed E-state index contributed by atoms with van der Waals surface area (Å²) in [6.45, 7) is 13.9. The van der Waals surface area contributed by atoms with Crippen molar-refractivity contribution in [2.75, 3.05) is 6.61 Å². The highest BCUT2D eigenvalue weighted by Crippen LogP contribution is 2.37. The van der Waals surface area contributed by atoms with Crippen LogP contribution in [0.4, 0.5) is 0 Å². The summed E-state index contributed by atoms with van der Waals surface area (Å²) in [5.41, 5.74) is 0.328. The van der Waals surface area contributed by atoms with Gasteiger partial charge in [-0.2, -0.15) is 8.42 Å². The van der Waals surface area contributed by atoms with Crippen LogP contribution in [0.3, 0.4) is 0 Å². The Hall–Kier alpha value is -4.05. The number of allylic oxidation sites excluding steroid dienone is 7. The van der Waals surface area contributed by atoms with Crippen LogP contribution in [0, 0.1) is 5.92 Å². The molecule has 38 atom stereocenters. The average molecular weight is 1750 g/mol. The molecule has 0 radical (unpaired) electrons. The quantitative estimate of drug-likeness (QED) is 0.00889. The molecule has 0 saturated carbocycles. The molecule has 694 valence electrons. The third kappa shape index (κ3) is 37.1. The molecule has 4 fully saturated rings. The van der Waals surface area contributed by atoms with Gasteiger partial charge in [0.15, 0.2) is 0 Å². The first-order valence-corrected chi connectivity index (χ1v) is 42.3. The predicted octanol–water partition coefficient (Wildman–Crippen LogP) is -5.25. The monoisotopic (exact) mass is 1750 g/mol. The summed E-state index contributed by atoms with van der Waals surface area (Å²) in [7, 11) is -4.48. The van der Waals surface area contributed by atoms with Crippen LogP contribution in [-0.4, -0.2) is 394 Å². The van der Waals surface area contributed by atoms with Crippen LogP contribution in [0.2, 0.25) is 0 Å². The van der Waals surface area contributed by atoms with Gasteiger partial charge in [-0.15, -0.1) is 6.58 Å². The summed E-state index contributed by atoms with van der Waals surface area (Å²) in [4.78, 5) is 0. The fraction of sp³-hybridized carbons (Fsp3) is 0.756. The van der Waals surface area contributed by atoms with Gasteiger partial charge in [-0.25, -0.2) is 4.18 Å². The number of aliphatic hydroxyl groups is 29. The Kier molecular flexibility index (Phi) is 48.9. The summed E-state index contributed by atoms with van der Waals surface area (Å²) >= 11 is 0. The second-order valence-corrected chi connectivity index (χ2v) is 33.2. The molecule has 4 aliphatic heterocycles. The standard InChI is InChI=1S/C82H138O37S/c1-6-7-22-46(83)24-13-14-25-48(85)27-16-19-29-52(89)69(104)78-72(107)61(98)41-63(117-78)76(111)65(100)43(3)21-12-17-30-53(90)77-80(118-77)73(108)58(95)39-59(96)75(110)82-81(119-82)74(109)57(94)38-56(93)68(103)64(99)44(4)32-34-50(87)62-40-60(97)71(106)79(116-62)70(105)54(91)36-42(2)31-33-49(86)37-55(92)67(102)45(5)66(101)51(88)28-18-15-26-47(84)23-11-9-8-10-20-35-115-120(112,113)114/h6,11,13-15,17-19,23-25,29-30,36,45-111H,1,3-4,7-10,12,16,20-22,26-28,31-35,37-41H2,2,5H3,(H,112,113,114)/b18-15+,23-11+,24-13+,25-14+,29-19+,30-17+,42-36+/t45?,46?,47?,48?,49?,50?,51?,52?,53?,54?,55?,56?,57?,58?,59?,60-,61-,62-,63-,64?,65?,66?,67?,68?,69+,70?,71?,72?,73?,74?,75?,76?,77-,78+,79+,80-,81+,82+/m1/s1. The Balaban J connectivity index is 1.13. The van der Waals surface area contributed by atoms with Gasteiger partial charge in [-0.3, -0.25) is 4.55 Å². The van der Waals surface area contributed by atoms with Gasteiger partial charge in [-0.1, -0.05) is 117 Å². The van der Waals surface area contributed by atoms with Gasteiger partial charge in [-0.05, 0) is 114 Å². The molecule has 38 heteroatoms. The van der Waals surface area contributed by atoms with Crippen molar-refractivity contribution in [3.63, 3.8) is 0 Å². The first-order valence-electron chi connectivity index (χ1n) is 40.9. The highest BCUT2D eigenvalue weighted by molar-refractivity contribution is 7.80. The molecule has 4 saturated heterocycles. The summed E-state index contributed by atoms with van der Waals surface area (Å²) < 4.78 is 56.2. The molecule has 0 aromatic heterocycles. The van der Waals surface area contributed by atoms with Crippen LogP contribution in [0.15, 0.2) is 122 Å². The van der Waals surface area contributed by atoms with Gasteiger partial charge >= 0.3 is 10.4 Å². The van der Waals surface area contributed by atoms with E-state index in [2.05, 4.69) is 23.9 Å². The molecule has 27 unspecified atom stereocenters. The fourth-order valence-corrected chi connectivity index (χ4v) is 14.5. The second kappa shape index (κ2) is 54.2. The zero-order chi connectivity index (χ0) is 90.2. The van der Waals surface area contributed by atoms with E-state index in [1.807, 2.05) is 0 Å². The van der Waals surface area contributed by atoms with Crippen LogP contribution in [-0.2, 0) is 33.5 Å². The van der Waals surface area contributed by atoms with Crippen molar-refractivity contribution in [3.8, 4) is 0 Å². The van der Waals surface area contributed by atoms with Gasteiger partial charge in [0.25, 0.3) is 0 Å². The minimum Gasteiger partial charge on any atom is -0.393 e. The number of aliphatic hydroxyl groups excluding tert-OH is 29. The van der Waals surface area contributed by atoms with E-state index in [-0.39, 0.29) is 101 Å². The van der Waals surface area contributed by atoms with E-state index in [9.17, 15) is 157 Å². The van der Waals surface area contributed by atoms with Gasteiger partial charge in [0, 0.05) is 38.0 Å². The molecule has 37 nitrogen and oxygen atoms in total. The topological polar surface area (TPSA) is 694 Å². The van der Waals surface area contributed by atoms with Crippen LogP contribution < -0.4 is 0 Å². The molecule has 4 heterocycles. The lowest BCUT2D eigenvalue weighted by molar-refractivity contribution is -0.233. The van der Waals surface area contributed by atoms with Crippen molar-refractivity contribution in [1.82, 2.24) is 0 Å². The van der Waals surface area contributed by atoms with Crippen molar-refractivity contribution in [3.05, 3.63) is 122 Å². The fourth-order valence-electron chi connectivity index (χ4n) is 14.1. The molecule has 120 heavy (non-hydrogen) atoms. The third-order valence-corrected chi connectivity index (χ3v) is 22.6. The third-order valence-electron chi connectivity index (χ3n) is 22.1. The molecule has 0 aromatic rings. The van der Waals surface area contributed by atoms with Crippen LogP contribution in [0.5, 0.6) is 0 Å². The van der Waals surface area contributed by atoms with Gasteiger partial charge in [0.05, 0.1) is 110 Å². The lowest BCUT2D eigenvalue weighted by Gasteiger charge is -2.42. The zero-order valence-corrected chi connectivity index (χ0v) is 68.7. The molecule has 0 spiro atoms. The van der Waals surface area contributed by atoms with E-state index < -0.39 is 255 Å². The Morgan fingerprint density at radius 2 is 0.933 bits per heavy atom. The minimum atomic E-state index is -4.48. The lowest BCUT2D eigenvalue weighted by atomic mass is 9.87. The maximum absolute atomic E-state index is 11.2. The average Bonchev–Trinajstić information content (AvgIpc) is 1.66. The first-order chi connectivity index (χ1) is 56.3. The van der Waals surface area contributed by atoms with E-state index in [1.165, 1.54) is 56.4 Å². The maximum atomic E-state index is 11.2. The normalized spacial score (nSPS) is 29.5. The molecular formula is C82H138O37S. The number of rotatable bonds is 61. The molecule has 0 amide bonds. The van der Waals surface area contributed by atoms with E-state index in [0.29, 0.717) is 44.1 Å². The molecule has 0 bridgehead atoms. The molecular weight excluding hydrogens is 1610 g/mol. The van der Waals surface area contributed by atoms with Crippen molar-refractivity contribution < 1.29 is 184 Å². The highest BCUT2D eigenvalue weighted by Gasteiger charge is 2.55. The second-order valence-electron chi connectivity index (χ2n) is 32.2. The Labute approximate surface area is 700 Å². The number of hydrogen-bond acceptors (Lipinski definition) is 36. The molecule has 0 aliphatic carbocycles. The van der Waals surface area contributed by atoms with Crippen molar-refractivity contribution >= 4 is 10.4 Å². The van der Waals surface area contributed by atoms with Crippen LogP contribution in [0.25, 0.3) is 0 Å². The maximum Gasteiger partial charge on any atom is 0.397 e. The Morgan fingerprint density at radius 1 is 0.442 bits per heavy atom. The minimum absolute atomic E-state index is 0.0274. The molecule has 30 N–H and O–H groups in total. The first kappa shape index (κ1) is 108. The van der Waals surface area contributed by atoms with Gasteiger partial charge < -0.3 is 167 Å². The summed E-state index contributed by atoms with van der Waals surface area (Å²) in [5.74, 6) is -1.07. The van der Waals surface area contributed by atoms with Crippen molar-refractivity contribution in [2.45, 2.75) is 375 Å². The zero-order valence-electron chi connectivity index (χ0n) is 67.9. The SMILES string of the molecule is C=CCCC(O)/C=C/C=C/C(O)CC/C=C/C(O)[C@H](O)[C@@H]1O[C@@H](C(O)C(O)C(=C)CC/C=C/C(O)[C@H]2O[C@@H]2C(O)C(O)CC(O)C(O)[C@@H]2O[C@H]2C(O)C(O)CC(O)C(O)C(O)C(=C)CCC(O)[C@H]2C[C@@H](O)C(O)[C@H](C(O)C(O)/C=C(\C)CCC(O)CC(O)C(O)C(C)C(O)C(O)C/C=C/CC(O)/C=C/CCCCCOS(=O)(=O)O)O2)C[C@@H](O)C1O. The number of ether oxygens (including phenoxy) is 4. The number of epoxide rings is 2. The van der Waals surface area contributed by atoms with Gasteiger partial charge in [0.2, 0.25) is 0 Å². The van der Waals surface area contributed by atoms with Gasteiger partial charge in [0.1, 0.15) is 122 Å². The summed E-state index contributed by atoms with van der Waals surface area (Å²) in [6, 6.07) is 0. The van der Waals surface area contributed by atoms with Crippen molar-refractivity contribution in [1.29, 1.82) is 0 Å². The Morgan fingerprint density at radius 3 is 1.52 bits per heavy atom. The van der Waals surface area contributed by atoms with E-state index >= 15 is 0 Å². The van der Waals surface area contributed by atoms with Crippen LogP contribution in [0.1, 0.15) is 149 Å². The van der Waals surface area contributed by atoms with E-state index in [1.54, 1.807) is 42.5 Å². The Bertz CT molecular complexity index is 3270. The molecule has 4 rings (SSSR count). The molecule has 0 aromatic carbocycles. The van der Waals surface area contributed by atoms with E-state index in [4.69, 9.17) is 23.5 Å². The number of hydrogen-bond donors (Lipinski definition) is 30. The smallest absolute Gasteiger partial charge is 0.393 e. The van der Waals surface area contributed by atoms with Crippen LogP contribution >= 0.6 is 0 Å². The summed E-state index contributed by atoms with van der Waals surface area (Å²) in [5, 5.41) is 312. The number of unbranched alkanes of at least 4 members (excludes halogenated alkanes) is 3. The summed E-state index contributed by atoms with van der Waals surface area (Å²) in [6.07, 6.45) is -35.2. The highest BCUT2D eigenvalue weighted by atomic mass is 32.3. The van der Waals surface area contributed by atoms with E-state index in [0.717, 1.165) is 0 Å². The largest absolute Gasteiger partial charge is 0.397 e. The predicted molar refractivity (Wildman–Crippen MR) is 430 cm³/mol. The van der Waals surface area contributed by atoms with Crippen molar-refractivity contribution in [2.24, 2.45) is 5.92 Å². The molecule has 4 aliphatic rings.